The molecule has 21 heavy (non-hydrogen) atoms. The van der Waals surface area contributed by atoms with Crippen LogP contribution in [0.4, 0.5) is 11.9 Å². The maximum Gasteiger partial charge on any atom is 0.323 e. The van der Waals surface area contributed by atoms with Crippen molar-refractivity contribution >= 4 is 39.2 Å². The van der Waals surface area contributed by atoms with Crippen molar-refractivity contribution in [2.24, 2.45) is 0 Å². The van der Waals surface area contributed by atoms with Crippen LogP contribution in [0.25, 0.3) is 0 Å². The number of anilines is 2. The van der Waals surface area contributed by atoms with Gasteiger partial charge in [-0.25, -0.2) is 0 Å². The summed E-state index contributed by atoms with van der Waals surface area (Å²) in [6.07, 6.45) is 0.911. The summed E-state index contributed by atoms with van der Waals surface area (Å²) < 4.78 is 6.60. The second kappa shape index (κ2) is 8.14. The number of ether oxygens (including phenoxy) is 1. The minimum atomic E-state index is 0.345. The molecule has 0 saturated heterocycles. The van der Waals surface area contributed by atoms with Gasteiger partial charge in [0.25, 0.3) is 0 Å². The Hall–Kier alpha value is -1.41. The maximum atomic E-state index is 5.49. The van der Waals surface area contributed by atoms with Gasteiger partial charge in [-0.15, -0.1) is 11.3 Å². The molecular weight excluding hydrogens is 354 g/mol. The van der Waals surface area contributed by atoms with Gasteiger partial charge >= 0.3 is 6.01 Å². The van der Waals surface area contributed by atoms with E-state index in [1.165, 1.54) is 4.88 Å². The van der Waals surface area contributed by atoms with E-state index < -0.39 is 0 Å². The molecule has 0 fully saturated rings. The molecule has 0 saturated carbocycles. The van der Waals surface area contributed by atoms with Gasteiger partial charge < -0.3 is 15.4 Å². The van der Waals surface area contributed by atoms with Gasteiger partial charge in [0, 0.05) is 11.4 Å². The molecule has 6 nitrogen and oxygen atoms in total. The van der Waals surface area contributed by atoms with Gasteiger partial charge in [-0.1, -0.05) is 6.92 Å². The van der Waals surface area contributed by atoms with Gasteiger partial charge in [0.2, 0.25) is 11.9 Å². The Kier molecular flexibility index (Phi) is 6.19. The van der Waals surface area contributed by atoms with Gasteiger partial charge in [-0.05, 0) is 41.4 Å². The molecule has 0 bridgehead atoms. The number of aromatic nitrogens is 3. The Morgan fingerprint density at radius 3 is 2.52 bits per heavy atom. The van der Waals surface area contributed by atoms with Crippen LogP contribution < -0.4 is 15.4 Å². The van der Waals surface area contributed by atoms with E-state index in [2.05, 4.69) is 47.6 Å². The molecular formula is C13H18BrN5OS. The highest BCUT2D eigenvalue weighted by Crippen LogP contribution is 2.22. The van der Waals surface area contributed by atoms with E-state index in [-0.39, 0.29) is 0 Å². The van der Waals surface area contributed by atoms with E-state index >= 15 is 0 Å². The molecule has 0 spiro atoms. The Morgan fingerprint density at radius 2 is 1.90 bits per heavy atom. The fraction of sp³-hybridized carbons (Fsp3) is 0.462. The minimum Gasteiger partial charge on any atom is -0.463 e. The first kappa shape index (κ1) is 16.0. The predicted octanol–water partition coefficient (Wildman–Crippen LogP) is 3.53. The summed E-state index contributed by atoms with van der Waals surface area (Å²) in [6, 6.07) is 4.43. The average molecular weight is 372 g/mol. The zero-order valence-corrected chi connectivity index (χ0v) is 14.4. The third-order valence-electron chi connectivity index (χ3n) is 2.43. The van der Waals surface area contributed by atoms with Crippen LogP contribution in [0, 0.1) is 0 Å². The highest BCUT2D eigenvalue weighted by atomic mass is 79.9. The van der Waals surface area contributed by atoms with Crippen LogP contribution in [0.3, 0.4) is 0 Å². The van der Waals surface area contributed by atoms with Crippen LogP contribution in [0.2, 0.25) is 0 Å². The van der Waals surface area contributed by atoms with Crippen molar-refractivity contribution in [3.63, 3.8) is 0 Å². The molecule has 2 aromatic heterocycles. The number of nitrogens with zero attached hydrogens (tertiary/aromatic N) is 3. The fourth-order valence-corrected chi connectivity index (χ4v) is 2.97. The number of nitrogens with one attached hydrogen (secondary N) is 2. The predicted molar refractivity (Wildman–Crippen MR) is 89.1 cm³/mol. The Bertz CT molecular complexity index is 577. The van der Waals surface area contributed by atoms with Crippen molar-refractivity contribution in [3.8, 4) is 6.01 Å². The first-order valence-corrected chi connectivity index (χ1v) is 8.43. The molecule has 0 aliphatic carbocycles. The first-order chi connectivity index (χ1) is 10.2. The van der Waals surface area contributed by atoms with E-state index in [1.807, 2.05) is 19.9 Å². The zero-order chi connectivity index (χ0) is 15.1. The van der Waals surface area contributed by atoms with Crippen molar-refractivity contribution in [2.45, 2.75) is 26.8 Å². The third kappa shape index (κ3) is 5.13. The molecule has 0 unspecified atom stereocenters. The number of hydrogen-bond donors (Lipinski definition) is 2. The van der Waals surface area contributed by atoms with Crippen LogP contribution in [0.15, 0.2) is 15.9 Å². The van der Waals surface area contributed by atoms with Crippen LogP contribution in [-0.2, 0) is 6.54 Å². The smallest absolute Gasteiger partial charge is 0.323 e. The summed E-state index contributed by atoms with van der Waals surface area (Å²) in [4.78, 5) is 14.0. The number of hydrogen-bond acceptors (Lipinski definition) is 7. The van der Waals surface area contributed by atoms with Crippen molar-refractivity contribution in [1.29, 1.82) is 0 Å². The van der Waals surface area contributed by atoms with E-state index in [0.717, 1.165) is 16.8 Å². The van der Waals surface area contributed by atoms with Crippen LogP contribution >= 0.6 is 27.3 Å². The largest absolute Gasteiger partial charge is 0.463 e. The van der Waals surface area contributed by atoms with Gasteiger partial charge in [-0.3, -0.25) is 0 Å². The molecule has 2 N–H and O–H groups in total. The molecule has 2 rings (SSSR count). The van der Waals surface area contributed by atoms with Crippen molar-refractivity contribution in [3.05, 3.63) is 20.8 Å². The lowest BCUT2D eigenvalue weighted by atomic mass is 10.5. The topological polar surface area (TPSA) is 72.0 Å². The van der Waals surface area contributed by atoms with E-state index in [1.54, 1.807) is 11.3 Å². The number of thiophene rings is 1. The summed E-state index contributed by atoms with van der Waals surface area (Å²) in [5, 5.41) is 6.28. The molecule has 0 radical (unpaired) electrons. The van der Waals surface area contributed by atoms with Gasteiger partial charge in [0.05, 0.1) is 16.9 Å². The van der Waals surface area contributed by atoms with E-state index in [9.17, 15) is 0 Å². The van der Waals surface area contributed by atoms with Gasteiger partial charge in [0.15, 0.2) is 0 Å². The van der Waals surface area contributed by atoms with Crippen LogP contribution in [0.1, 0.15) is 25.1 Å². The van der Waals surface area contributed by atoms with Crippen LogP contribution in [0.5, 0.6) is 6.01 Å². The molecule has 0 aliphatic heterocycles. The average Bonchev–Trinajstić information content (AvgIpc) is 2.89. The molecule has 2 heterocycles. The lowest BCUT2D eigenvalue weighted by molar-refractivity contribution is 0.292. The van der Waals surface area contributed by atoms with Crippen molar-refractivity contribution < 1.29 is 4.74 Å². The van der Waals surface area contributed by atoms with E-state index in [4.69, 9.17) is 4.74 Å². The summed E-state index contributed by atoms with van der Waals surface area (Å²) >= 11 is 5.13. The van der Waals surface area contributed by atoms with Gasteiger partial charge in [-0.2, -0.15) is 15.0 Å². The van der Waals surface area contributed by atoms with Crippen molar-refractivity contribution in [1.82, 2.24) is 15.0 Å². The second-order valence-corrected chi connectivity index (χ2v) is 6.75. The zero-order valence-electron chi connectivity index (χ0n) is 12.0. The first-order valence-electron chi connectivity index (χ1n) is 6.82. The molecule has 114 valence electrons. The highest BCUT2D eigenvalue weighted by Gasteiger charge is 2.07. The third-order valence-corrected chi connectivity index (χ3v) is 4.06. The summed E-state index contributed by atoms with van der Waals surface area (Å²) in [6.45, 7) is 6.04. The fourth-order valence-electron chi connectivity index (χ4n) is 1.54. The van der Waals surface area contributed by atoms with Crippen molar-refractivity contribution in [2.75, 3.05) is 23.8 Å². The quantitative estimate of drug-likeness (QED) is 0.739. The minimum absolute atomic E-state index is 0.345. The molecule has 0 atom stereocenters. The van der Waals surface area contributed by atoms with E-state index in [0.29, 0.717) is 31.1 Å². The Labute approximate surface area is 136 Å². The summed E-state index contributed by atoms with van der Waals surface area (Å²) in [5.41, 5.74) is 0. The number of halogens is 1. The molecule has 0 aromatic carbocycles. The maximum absolute atomic E-state index is 5.49. The highest BCUT2D eigenvalue weighted by molar-refractivity contribution is 9.11. The normalized spacial score (nSPS) is 10.4. The monoisotopic (exact) mass is 371 g/mol. The Balaban J connectivity index is 2.07. The lowest BCUT2D eigenvalue weighted by Crippen LogP contribution is -2.10. The summed E-state index contributed by atoms with van der Waals surface area (Å²) in [5.74, 6) is 1.03. The molecule has 2 aromatic rings. The number of rotatable bonds is 8. The summed E-state index contributed by atoms with van der Waals surface area (Å²) in [7, 11) is 0. The lowest BCUT2D eigenvalue weighted by Gasteiger charge is -2.09. The molecule has 8 heteroatoms. The standard InChI is InChI=1S/C13H18BrN5OS/c1-3-7-20-13-18-11(15-4-2)17-12(19-13)16-8-9-5-6-10(14)21-9/h5-6H,3-4,7-8H2,1-2H3,(H2,15,16,17,18,19). The SMILES string of the molecule is CCCOc1nc(NCC)nc(NCc2ccc(Br)s2)n1. The second-order valence-electron chi connectivity index (χ2n) is 4.20. The molecule has 0 aliphatic rings. The van der Waals surface area contributed by atoms with Gasteiger partial charge in [0.1, 0.15) is 0 Å². The Morgan fingerprint density at radius 1 is 1.14 bits per heavy atom. The van der Waals surface area contributed by atoms with Crippen LogP contribution in [-0.4, -0.2) is 28.1 Å². The molecule has 0 amide bonds.